The van der Waals surface area contributed by atoms with Gasteiger partial charge in [-0.2, -0.15) is 0 Å². The molecule has 0 saturated carbocycles. The van der Waals surface area contributed by atoms with E-state index in [-0.39, 0.29) is 17.3 Å². The molecule has 28 nitrogen and oxygen atoms in total. The highest BCUT2D eigenvalue weighted by Gasteiger charge is 2.31. The maximum Gasteiger partial charge on any atom is 0.343 e. The van der Waals surface area contributed by atoms with Gasteiger partial charge < -0.3 is 62.6 Å². The van der Waals surface area contributed by atoms with E-state index in [9.17, 15) is 49.0 Å². The van der Waals surface area contributed by atoms with Gasteiger partial charge in [-0.1, -0.05) is 0 Å². The Kier molecular flexibility index (Phi) is 17.9. The molecule has 0 atom stereocenters. The minimum atomic E-state index is -1.79. The van der Waals surface area contributed by atoms with E-state index in [1.165, 1.54) is 0 Å². The van der Waals surface area contributed by atoms with Gasteiger partial charge in [0.1, 0.15) is 5.75 Å². The fourth-order valence-corrected chi connectivity index (χ4v) is 3.13. The van der Waals surface area contributed by atoms with E-state index < -0.39 is 101 Å². The standard InChI is InChI=1S/2C8H5NO7.C8H6O5.CH5N3.HNO3/c10-6-2-4(8(13)14)3(7(11)12)1-5(6)9(15)16;10-4-2-1-3(7(11)12)5(8(13)14)6(4)9(15)16;9-4-1-2-5(7(10)11)6(3-4)8(12)13;2*2-1(3)4/h2*1-2,10H,(H,11,12)(H,13,14);1-3,9H,(H,10,11)(H,12,13);(H5,2,3,4);(H,2,3,4). The van der Waals surface area contributed by atoms with Crippen molar-refractivity contribution in [2.24, 2.45) is 11.5 Å². The van der Waals surface area contributed by atoms with Gasteiger partial charge in [0.2, 0.25) is 0 Å². The van der Waals surface area contributed by atoms with E-state index >= 15 is 0 Å². The molecule has 284 valence electrons. The molecule has 0 fully saturated rings. The topological polar surface area (TPSA) is 510 Å². The SMILES string of the molecule is N=C(N)N.O=C(O)c1cc(O)c([N+](=O)[O-])cc1C(=O)O.O=C(O)c1ccc(O)c([N+](=O)[O-])c1C(=O)O.O=C(O)c1ccc(O)cc1C(=O)O.O=[N+]([O-])O. The average Bonchev–Trinajstić information content (AvgIpc) is 2.99. The summed E-state index contributed by atoms with van der Waals surface area (Å²) < 4.78 is 0. The van der Waals surface area contributed by atoms with Crippen molar-refractivity contribution in [2.75, 3.05) is 0 Å². The number of aromatic hydroxyl groups is 3. The Morgan fingerprint density at radius 2 is 0.906 bits per heavy atom. The number of phenols is 3. The summed E-state index contributed by atoms with van der Waals surface area (Å²) in [6.45, 7) is 0. The molecular formula is C25H22N6O22. The number of benzene rings is 3. The fraction of sp³-hybridized carbons (Fsp3) is 0. The number of guanidine groups is 1. The van der Waals surface area contributed by atoms with Gasteiger partial charge >= 0.3 is 47.2 Å². The predicted molar refractivity (Wildman–Crippen MR) is 164 cm³/mol. The van der Waals surface area contributed by atoms with Crippen LogP contribution >= 0.6 is 0 Å². The van der Waals surface area contributed by atoms with Gasteiger partial charge in [-0.3, -0.25) is 25.6 Å². The molecular weight excluding hydrogens is 736 g/mol. The quantitative estimate of drug-likeness (QED) is 0.0649. The molecule has 0 aliphatic rings. The van der Waals surface area contributed by atoms with Crippen LogP contribution in [-0.4, -0.2) is 108 Å². The highest BCUT2D eigenvalue weighted by molar-refractivity contribution is 6.06. The lowest BCUT2D eigenvalue weighted by Gasteiger charge is -2.03. The van der Waals surface area contributed by atoms with E-state index in [1.54, 1.807) is 0 Å². The van der Waals surface area contributed by atoms with Crippen LogP contribution in [0.3, 0.4) is 0 Å². The molecule has 28 heteroatoms. The number of nitrogens with zero attached hydrogens (tertiary/aromatic N) is 3. The number of nitrogens with one attached hydrogen (secondary N) is 1. The number of nitro groups is 2. The summed E-state index contributed by atoms with van der Waals surface area (Å²) in [4.78, 5) is 90.7. The summed E-state index contributed by atoms with van der Waals surface area (Å²) in [6, 6.07) is 5.63. The maximum atomic E-state index is 10.7. The summed E-state index contributed by atoms with van der Waals surface area (Å²) in [5.41, 5.74) is 2.93. The van der Waals surface area contributed by atoms with E-state index in [0.717, 1.165) is 30.3 Å². The number of rotatable bonds is 8. The Morgan fingerprint density at radius 1 is 0.547 bits per heavy atom. The molecule has 15 N–H and O–H groups in total. The van der Waals surface area contributed by atoms with Crippen molar-refractivity contribution in [1.82, 2.24) is 0 Å². The lowest BCUT2D eigenvalue weighted by atomic mass is 10.0. The fourth-order valence-electron chi connectivity index (χ4n) is 3.13. The molecule has 0 spiro atoms. The summed E-state index contributed by atoms with van der Waals surface area (Å²) in [7, 11) is 0. The molecule has 3 aromatic carbocycles. The molecule has 3 aromatic rings. The van der Waals surface area contributed by atoms with Crippen LogP contribution in [0.4, 0.5) is 11.4 Å². The highest BCUT2D eigenvalue weighted by Crippen LogP contribution is 2.32. The number of aromatic carboxylic acids is 6. The number of nitro benzene ring substituents is 2. The van der Waals surface area contributed by atoms with Gasteiger partial charge in [-0.25, -0.2) is 28.8 Å². The molecule has 0 heterocycles. The number of phenolic OH excluding ortho intramolecular Hbond substituents is 3. The Bertz CT molecular complexity index is 1950. The zero-order valence-corrected chi connectivity index (χ0v) is 25.4. The third-order valence-electron chi connectivity index (χ3n) is 5.02. The van der Waals surface area contributed by atoms with Crippen molar-refractivity contribution in [3.05, 3.63) is 106 Å². The van der Waals surface area contributed by atoms with E-state index in [0.29, 0.717) is 12.1 Å². The Balaban J connectivity index is 0. The number of hydrogen-bond donors (Lipinski definition) is 13. The van der Waals surface area contributed by atoms with Gasteiger partial charge in [0.05, 0.1) is 37.7 Å². The molecule has 3 rings (SSSR count). The zero-order chi connectivity index (χ0) is 42.1. The van der Waals surface area contributed by atoms with Crippen LogP contribution in [0.1, 0.15) is 62.1 Å². The second-order valence-electron chi connectivity index (χ2n) is 8.51. The van der Waals surface area contributed by atoms with Crippen molar-refractivity contribution < 1.29 is 94.9 Å². The molecule has 0 unspecified atom stereocenters. The van der Waals surface area contributed by atoms with Crippen molar-refractivity contribution in [3.63, 3.8) is 0 Å². The van der Waals surface area contributed by atoms with E-state index in [2.05, 4.69) is 11.5 Å². The van der Waals surface area contributed by atoms with E-state index in [4.69, 9.17) is 66.7 Å². The minimum absolute atomic E-state index is 0.276. The number of carboxylic acid groups (broad SMARTS) is 6. The summed E-state index contributed by atoms with van der Waals surface area (Å²) in [5.74, 6) is -11.8. The predicted octanol–water partition coefficient (Wildman–Crippen LogP) is 0.673. The molecule has 0 amide bonds. The first-order valence-electron chi connectivity index (χ1n) is 12.4. The first kappa shape index (κ1) is 46.3. The number of carbonyl (C=O) groups is 6. The highest BCUT2D eigenvalue weighted by atomic mass is 16.9. The van der Waals surface area contributed by atoms with Gasteiger partial charge in [-0.05, 0) is 30.3 Å². The van der Waals surface area contributed by atoms with Crippen LogP contribution in [0.15, 0.2) is 42.5 Å². The smallest absolute Gasteiger partial charge is 0.343 e. The van der Waals surface area contributed by atoms with Crippen LogP contribution < -0.4 is 11.5 Å². The molecule has 0 aromatic heterocycles. The third kappa shape index (κ3) is 15.3. The van der Waals surface area contributed by atoms with Crippen LogP contribution in [0.2, 0.25) is 0 Å². The lowest BCUT2D eigenvalue weighted by Crippen LogP contribution is -2.20. The van der Waals surface area contributed by atoms with Crippen LogP contribution in [0.5, 0.6) is 17.2 Å². The third-order valence-corrected chi connectivity index (χ3v) is 5.02. The number of carboxylic acids is 6. The van der Waals surface area contributed by atoms with Crippen LogP contribution in [-0.2, 0) is 0 Å². The van der Waals surface area contributed by atoms with Gasteiger partial charge in [0, 0.05) is 12.1 Å². The summed E-state index contributed by atoms with van der Waals surface area (Å²) in [5, 5.41) is 119. The first-order chi connectivity index (χ1) is 24.2. The van der Waals surface area contributed by atoms with Crippen molar-refractivity contribution in [1.29, 1.82) is 5.41 Å². The average molecular weight is 758 g/mol. The second kappa shape index (κ2) is 20.5. The lowest BCUT2D eigenvalue weighted by molar-refractivity contribution is -0.742. The van der Waals surface area contributed by atoms with Crippen LogP contribution in [0, 0.1) is 35.8 Å². The molecule has 0 radical (unpaired) electrons. The van der Waals surface area contributed by atoms with Crippen molar-refractivity contribution in [3.8, 4) is 17.2 Å². The van der Waals surface area contributed by atoms with Crippen molar-refractivity contribution in [2.45, 2.75) is 0 Å². The molecule has 0 aliphatic heterocycles. The minimum Gasteiger partial charge on any atom is -0.508 e. The maximum absolute atomic E-state index is 10.7. The normalized spacial score (nSPS) is 9.13. The zero-order valence-electron chi connectivity index (χ0n) is 25.4. The van der Waals surface area contributed by atoms with Gasteiger partial charge in [0.25, 0.3) is 5.09 Å². The Labute approximate surface area is 288 Å². The molecule has 0 saturated heterocycles. The second-order valence-corrected chi connectivity index (χ2v) is 8.51. The van der Waals surface area contributed by atoms with Crippen molar-refractivity contribution >= 4 is 53.2 Å². The molecule has 0 bridgehead atoms. The largest absolute Gasteiger partial charge is 0.508 e. The van der Waals surface area contributed by atoms with Gasteiger partial charge in [0.15, 0.2) is 23.0 Å². The summed E-state index contributed by atoms with van der Waals surface area (Å²) >= 11 is 0. The Morgan fingerprint density at radius 3 is 1.25 bits per heavy atom. The van der Waals surface area contributed by atoms with Crippen LogP contribution in [0.25, 0.3) is 0 Å². The van der Waals surface area contributed by atoms with E-state index in [1.807, 2.05) is 0 Å². The molecule has 53 heavy (non-hydrogen) atoms. The number of hydrogen-bond acceptors (Lipinski definition) is 16. The number of nitrogens with two attached hydrogens (primary N) is 2. The Hall–Kier alpha value is -8.85. The first-order valence-corrected chi connectivity index (χ1v) is 12.4. The van der Waals surface area contributed by atoms with Gasteiger partial charge in [-0.15, -0.1) is 10.1 Å². The summed E-state index contributed by atoms with van der Waals surface area (Å²) in [6.07, 6.45) is 0. The monoisotopic (exact) mass is 758 g/mol. The molecule has 0 aliphatic carbocycles.